The van der Waals surface area contributed by atoms with E-state index in [2.05, 4.69) is 26.0 Å². The molecule has 6 unspecified atom stereocenters. The topological polar surface area (TPSA) is 26.3 Å². The van der Waals surface area contributed by atoms with E-state index in [-0.39, 0.29) is 11.9 Å². The Morgan fingerprint density at radius 2 is 1.87 bits per heavy atom. The van der Waals surface area contributed by atoms with Gasteiger partial charge in [0.15, 0.2) is 0 Å². The van der Waals surface area contributed by atoms with Gasteiger partial charge in [0, 0.05) is 0 Å². The monoisotopic (exact) mass is 312 g/mol. The Morgan fingerprint density at radius 1 is 1.13 bits per heavy atom. The number of rotatable bonds is 4. The van der Waals surface area contributed by atoms with Crippen LogP contribution >= 0.6 is 0 Å². The predicted octanol–water partition coefficient (Wildman–Crippen LogP) is 5.18. The highest BCUT2D eigenvalue weighted by Gasteiger charge is 2.56. The summed E-state index contributed by atoms with van der Waals surface area (Å²) in [5, 5.41) is 0. The van der Waals surface area contributed by atoms with Crippen LogP contribution in [0.15, 0.2) is 24.3 Å². The van der Waals surface area contributed by atoms with Crippen molar-refractivity contribution in [1.82, 2.24) is 0 Å². The van der Waals surface area contributed by atoms with Gasteiger partial charge < -0.3 is 4.74 Å². The Hall–Kier alpha value is -1.31. The number of hydrogen-bond donors (Lipinski definition) is 0. The summed E-state index contributed by atoms with van der Waals surface area (Å²) in [7, 11) is 0. The van der Waals surface area contributed by atoms with Crippen molar-refractivity contribution in [2.24, 2.45) is 29.6 Å². The van der Waals surface area contributed by atoms with Crippen molar-refractivity contribution >= 4 is 5.97 Å². The average molecular weight is 312 g/mol. The van der Waals surface area contributed by atoms with Crippen LogP contribution in [-0.4, -0.2) is 5.97 Å². The van der Waals surface area contributed by atoms with Crippen molar-refractivity contribution < 1.29 is 9.53 Å². The van der Waals surface area contributed by atoms with Crippen LogP contribution in [0, 0.1) is 29.6 Å². The van der Waals surface area contributed by atoms with Gasteiger partial charge in [-0.3, -0.25) is 4.79 Å². The highest BCUT2D eigenvalue weighted by atomic mass is 16.5. The fraction of sp³-hybridized carbons (Fsp3) is 0.667. The third kappa shape index (κ3) is 2.60. The molecule has 0 heterocycles. The van der Waals surface area contributed by atoms with Crippen LogP contribution in [0.25, 0.3) is 0 Å². The zero-order chi connectivity index (χ0) is 16.0. The molecule has 3 fully saturated rings. The minimum atomic E-state index is 0.0270. The summed E-state index contributed by atoms with van der Waals surface area (Å²) in [6.45, 7) is 4.43. The minimum Gasteiger partial charge on any atom is -0.426 e. The standard InChI is InChI=1S/C21H28O2/c1-3-13(2)14-7-9-16(10-8-14)23-21(22)20-12-15-11-19(20)18-6-4-5-17(15)18/h7-10,13,15,17-20H,3-6,11-12H2,1-2H3. The maximum Gasteiger partial charge on any atom is 0.314 e. The van der Waals surface area contributed by atoms with Gasteiger partial charge in [0.1, 0.15) is 5.75 Å². The van der Waals surface area contributed by atoms with Crippen LogP contribution in [-0.2, 0) is 4.79 Å². The molecule has 124 valence electrons. The van der Waals surface area contributed by atoms with E-state index in [9.17, 15) is 4.79 Å². The first-order chi connectivity index (χ1) is 11.2. The molecular weight excluding hydrogens is 284 g/mol. The molecule has 3 saturated carbocycles. The van der Waals surface area contributed by atoms with Crippen LogP contribution < -0.4 is 4.74 Å². The third-order valence-corrected chi connectivity index (χ3v) is 7.01. The van der Waals surface area contributed by atoms with E-state index in [0.29, 0.717) is 17.6 Å². The number of ether oxygens (including phenoxy) is 1. The number of hydrogen-bond acceptors (Lipinski definition) is 2. The summed E-state index contributed by atoms with van der Waals surface area (Å²) in [6.07, 6.45) is 7.62. The lowest BCUT2D eigenvalue weighted by Gasteiger charge is -2.30. The second-order valence-electron chi connectivity index (χ2n) is 8.06. The molecule has 6 atom stereocenters. The fourth-order valence-electron chi connectivity index (χ4n) is 5.63. The summed E-state index contributed by atoms with van der Waals surface area (Å²) in [5.41, 5.74) is 1.32. The van der Waals surface area contributed by atoms with Gasteiger partial charge in [-0.05, 0) is 79.4 Å². The van der Waals surface area contributed by atoms with Gasteiger partial charge in [-0.15, -0.1) is 0 Å². The molecule has 1 aromatic carbocycles. The molecule has 0 spiro atoms. The first-order valence-electron chi connectivity index (χ1n) is 9.49. The maximum absolute atomic E-state index is 12.6. The Balaban J connectivity index is 1.41. The van der Waals surface area contributed by atoms with E-state index in [4.69, 9.17) is 4.74 Å². The Labute approximate surface area is 139 Å². The number of carbonyl (C=O) groups excluding carboxylic acids is 1. The van der Waals surface area contributed by atoms with Crippen molar-refractivity contribution in [2.75, 3.05) is 0 Å². The van der Waals surface area contributed by atoms with Gasteiger partial charge in [0.25, 0.3) is 0 Å². The molecule has 0 radical (unpaired) electrons. The molecular formula is C21H28O2. The Morgan fingerprint density at radius 3 is 2.61 bits per heavy atom. The van der Waals surface area contributed by atoms with Crippen LogP contribution in [0.4, 0.5) is 0 Å². The zero-order valence-corrected chi connectivity index (χ0v) is 14.3. The van der Waals surface area contributed by atoms with Gasteiger partial charge in [0.05, 0.1) is 5.92 Å². The molecule has 4 rings (SSSR count). The number of benzene rings is 1. The van der Waals surface area contributed by atoms with Crippen LogP contribution in [0.2, 0.25) is 0 Å². The quantitative estimate of drug-likeness (QED) is 0.566. The van der Waals surface area contributed by atoms with Crippen molar-refractivity contribution in [3.05, 3.63) is 29.8 Å². The van der Waals surface area contributed by atoms with Crippen molar-refractivity contribution in [3.63, 3.8) is 0 Å². The molecule has 0 N–H and O–H groups in total. The minimum absolute atomic E-state index is 0.0270. The summed E-state index contributed by atoms with van der Waals surface area (Å²) in [6, 6.07) is 8.13. The summed E-state index contributed by atoms with van der Waals surface area (Å²) in [4.78, 5) is 12.6. The number of carbonyl (C=O) groups is 1. The van der Waals surface area contributed by atoms with Crippen molar-refractivity contribution in [2.45, 2.75) is 58.3 Å². The molecule has 0 saturated heterocycles. The first-order valence-corrected chi connectivity index (χ1v) is 9.49. The molecule has 2 nitrogen and oxygen atoms in total. The molecule has 3 aliphatic carbocycles. The SMILES string of the molecule is CCC(C)c1ccc(OC(=O)C2CC3CC2C2CCCC32)cc1. The predicted molar refractivity (Wildman–Crippen MR) is 91.3 cm³/mol. The van der Waals surface area contributed by atoms with Gasteiger partial charge >= 0.3 is 5.97 Å². The van der Waals surface area contributed by atoms with Gasteiger partial charge in [-0.25, -0.2) is 0 Å². The molecule has 2 heteroatoms. The molecule has 2 bridgehead atoms. The molecule has 0 aromatic heterocycles. The normalized spacial score (nSPS) is 36.0. The van der Waals surface area contributed by atoms with E-state index in [1.165, 1.54) is 31.2 Å². The van der Waals surface area contributed by atoms with E-state index < -0.39 is 0 Å². The van der Waals surface area contributed by atoms with Crippen LogP contribution in [0.5, 0.6) is 5.75 Å². The molecule has 23 heavy (non-hydrogen) atoms. The second kappa shape index (κ2) is 5.96. The van der Waals surface area contributed by atoms with Gasteiger partial charge in [0.2, 0.25) is 0 Å². The summed E-state index contributed by atoms with van der Waals surface area (Å²) >= 11 is 0. The smallest absolute Gasteiger partial charge is 0.314 e. The van der Waals surface area contributed by atoms with Crippen LogP contribution in [0.1, 0.15) is 63.9 Å². The lowest BCUT2D eigenvalue weighted by molar-refractivity contribution is -0.141. The third-order valence-electron chi connectivity index (χ3n) is 7.01. The van der Waals surface area contributed by atoms with Crippen molar-refractivity contribution in [3.8, 4) is 5.75 Å². The van der Waals surface area contributed by atoms with Gasteiger partial charge in [-0.2, -0.15) is 0 Å². The number of fused-ring (bicyclic) bond motifs is 5. The lowest BCUT2D eigenvalue weighted by atomic mass is 9.76. The van der Waals surface area contributed by atoms with Gasteiger partial charge in [-0.1, -0.05) is 32.4 Å². The number of esters is 1. The van der Waals surface area contributed by atoms with E-state index >= 15 is 0 Å². The van der Waals surface area contributed by atoms with Crippen LogP contribution in [0.3, 0.4) is 0 Å². The highest BCUT2D eigenvalue weighted by molar-refractivity contribution is 5.76. The lowest BCUT2D eigenvalue weighted by Crippen LogP contribution is -2.32. The first kappa shape index (κ1) is 15.2. The molecule has 0 aliphatic heterocycles. The maximum atomic E-state index is 12.6. The fourth-order valence-corrected chi connectivity index (χ4v) is 5.63. The molecule has 1 aromatic rings. The van der Waals surface area contributed by atoms with E-state index in [0.717, 1.165) is 30.6 Å². The average Bonchev–Trinajstić information content (AvgIpc) is 3.27. The zero-order valence-electron chi connectivity index (χ0n) is 14.3. The largest absolute Gasteiger partial charge is 0.426 e. The van der Waals surface area contributed by atoms with Crippen molar-refractivity contribution in [1.29, 1.82) is 0 Å². The Bertz CT molecular complexity index is 576. The highest BCUT2D eigenvalue weighted by Crippen LogP contribution is 2.61. The molecule has 0 amide bonds. The summed E-state index contributed by atoms with van der Waals surface area (Å²) < 4.78 is 5.73. The molecule has 3 aliphatic rings. The Kier molecular flexibility index (Phi) is 3.95. The van der Waals surface area contributed by atoms with E-state index in [1.807, 2.05) is 12.1 Å². The summed E-state index contributed by atoms with van der Waals surface area (Å²) in [5.74, 6) is 4.63. The second-order valence-corrected chi connectivity index (χ2v) is 8.06. The van der Waals surface area contributed by atoms with E-state index in [1.54, 1.807) is 0 Å².